The molecule has 0 aromatic carbocycles. The highest BCUT2D eigenvalue weighted by Crippen LogP contribution is 2.19. The first-order valence-corrected chi connectivity index (χ1v) is 6.83. The van der Waals surface area contributed by atoms with Crippen molar-refractivity contribution in [3.8, 4) is 0 Å². The second kappa shape index (κ2) is 4.37. The van der Waals surface area contributed by atoms with Gasteiger partial charge in [0.15, 0.2) is 9.84 Å². The maximum atomic E-state index is 11.5. The van der Waals surface area contributed by atoms with E-state index in [4.69, 9.17) is 4.42 Å². The summed E-state index contributed by atoms with van der Waals surface area (Å²) in [7, 11) is -2.81. The zero-order valence-electron chi connectivity index (χ0n) is 8.48. The third-order valence-electron chi connectivity index (χ3n) is 2.74. The quantitative estimate of drug-likeness (QED) is 0.835. The van der Waals surface area contributed by atoms with Gasteiger partial charge in [-0.1, -0.05) is 0 Å². The number of hydrogen-bond acceptors (Lipinski definition) is 4. The van der Waals surface area contributed by atoms with Gasteiger partial charge in [-0.25, -0.2) is 8.42 Å². The predicted molar refractivity (Wildman–Crippen MR) is 57.2 cm³/mol. The van der Waals surface area contributed by atoms with Gasteiger partial charge in [-0.2, -0.15) is 0 Å². The van der Waals surface area contributed by atoms with E-state index >= 15 is 0 Å². The normalized spacial score (nSPS) is 24.4. The molecule has 84 valence electrons. The molecule has 2 rings (SSSR count). The Morgan fingerprint density at radius 2 is 2.40 bits per heavy atom. The molecule has 0 aliphatic carbocycles. The molecule has 0 amide bonds. The smallest absolute Gasteiger partial charge is 0.154 e. The van der Waals surface area contributed by atoms with Crippen molar-refractivity contribution in [2.75, 3.05) is 12.3 Å². The molecule has 0 spiro atoms. The van der Waals surface area contributed by atoms with E-state index in [1.54, 1.807) is 12.5 Å². The third-order valence-corrected chi connectivity index (χ3v) is 5.02. The molecule has 1 fully saturated rings. The lowest BCUT2D eigenvalue weighted by Gasteiger charge is -2.09. The van der Waals surface area contributed by atoms with Crippen LogP contribution >= 0.6 is 0 Å². The summed E-state index contributed by atoms with van der Waals surface area (Å²) in [5.74, 6) is 0.352. The molecule has 4 nitrogen and oxygen atoms in total. The second-order valence-electron chi connectivity index (χ2n) is 3.89. The van der Waals surface area contributed by atoms with E-state index in [1.165, 1.54) is 0 Å². The van der Waals surface area contributed by atoms with Crippen LogP contribution in [0.3, 0.4) is 0 Å². The van der Waals surface area contributed by atoms with E-state index in [-0.39, 0.29) is 5.25 Å². The highest BCUT2D eigenvalue weighted by molar-refractivity contribution is 7.92. The maximum absolute atomic E-state index is 11.5. The number of hydrogen-bond donors (Lipinski definition) is 1. The van der Waals surface area contributed by atoms with Gasteiger partial charge in [-0.3, -0.25) is 0 Å². The van der Waals surface area contributed by atoms with Crippen molar-refractivity contribution in [3.05, 3.63) is 24.2 Å². The molecule has 1 aromatic heterocycles. The van der Waals surface area contributed by atoms with Crippen LogP contribution in [0.5, 0.6) is 0 Å². The van der Waals surface area contributed by atoms with E-state index in [9.17, 15) is 8.42 Å². The molecule has 1 atom stereocenters. The molecule has 0 saturated carbocycles. The van der Waals surface area contributed by atoms with Crippen molar-refractivity contribution >= 4 is 9.84 Å². The summed E-state index contributed by atoms with van der Waals surface area (Å²) in [6.07, 6.45) is 4.88. The molecule has 1 unspecified atom stereocenters. The first-order chi connectivity index (χ1) is 7.18. The molecular weight excluding hydrogens is 214 g/mol. The Morgan fingerprint density at radius 1 is 1.53 bits per heavy atom. The molecule has 0 radical (unpaired) electrons. The summed E-state index contributed by atoms with van der Waals surface area (Å²) >= 11 is 0. The van der Waals surface area contributed by atoms with Crippen LogP contribution in [0.2, 0.25) is 0 Å². The standard InChI is InChI=1S/C10H15NO3S/c12-15(13)5-1-2-10(15)7-11-6-9-3-4-14-8-9/h3-4,8,10-11H,1-2,5-7H2. The van der Waals surface area contributed by atoms with Crippen LogP contribution in [0, 0.1) is 0 Å². The van der Waals surface area contributed by atoms with Gasteiger partial charge >= 0.3 is 0 Å². The average molecular weight is 229 g/mol. The summed E-state index contributed by atoms with van der Waals surface area (Å²) in [5, 5.41) is 2.96. The van der Waals surface area contributed by atoms with Crippen molar-refractivity contribution < 1.29 is 12.8 Å². The minimum atomic E-state index is -2.81. The largest absolute Gasteiger partial charge is 0.472 e. The fraction of sp³-hybridized carbons (Fsp3) is 0.600. The summed E-state index contributed by atoms with van der Waals surface area (Å²) in [5.41, 5.74) is 1.05. The summed E-state index contributed by atoms with van der Waals surface area (Å²) in [6, 6.07) is 1.87. The predicted octanol–water partition coefficient (Wildman–Crippen LogP) is 0.946. The molecular formula is C10H15NO3S. The molecule has 1 aliphatic heterocycles. The molecule has 0 bridgehead atoms. The van der Waals surface area contributed by atoms with E-state index in [2.05, 4.69) is 5.32 Å². The van der Waals surface area contributed by atoms with Crippen LogP contribution in [0.1, 0.15) is 18.4 Å². The molecule has 1 aliphatic rings. The number of rotatable bonds is 4. The van der Waals surface area contributed by atoms with Gasteiger partial charge in [-0.05, 0) is 18.9 Å². The SMILES string of the molecule is O=S1(=O)CCCC1CNCc1ccoc1. The van der Waals surface area contributed by atoms with Crippen LogP contribution in [0.4, 0.5) is 0 Å². The van der Waals surface area contributed by atoms with Crippen LogP contribution in [-0.2, 0) is 16.4 Å². The summed E-state index contributed by atoms with van der Waals surface area (Å²) in [6.45, 7) is 1.22. The van der Waals surface area contributed by atoms with Crippen molar-refractivity contribution in [1.29, 1.82) is 0 Å². The van der Waals surface area contributed by atoms with Crippen molar-refractivity contribution in [1.82, 2.24) is 5.32 Å². The average Bonchev–Trinajstić information content (AvgIpc) is 2.77. The van der Waals surface area contributed by atoms with E-state index < -0.39 is 9.84 Å². The Balaban J connectivity index is 1.79. The zero-order valence-corrected chi connectivity index (χ0v) is 9.29. The van der Waals surface area contributed by atoms with Gasteiger partial charge in [0.25, 0.3) is 0 Å². The molecule has 5 heteroatoms. The first kappa shape index (κ1) is 10.7. The second-order valence-corrected chi connectivity index (χ2v) is 6.29. The fourth-order valence-electron chi connectivity index (χ4n) is 1.86. The Morgan fingerprint density at radius 3 is 3.00 bits per heavy atom. The molecule has 1 N–H and O–H groups in total. The van der Waals surface area contributed by atoms with Crippen molar-refractivity contribution in [2.24, 2.45) is 0 Å². The molecule has 2 heterocycles. The van der Waals surface area contributed by atoms with Crippen LogP contribution in [0.15, 0.2) is 23.0 Å². The highest BCUT2D eigenvalue weighted by atomic mass is 32.2. The van der Waals surface area contributed by atoms with Gasteiger partial charge < -0.3 is 9.73 Å². The van der Waals surface area contributed by atoms with E-state index in [1.807, 2.05) is 6.07 Å². The molecule has 15 heavy (non-hydrogen) atoms. The molecule has 1 saturated heterocycles. The minimum Gasteiger partial charge on any atom is -0.472 e. The lowest BCUT2D eigenvalue weighted by Crippen LogP contribution is -2.30. The lowest BCUT2D eigenvalue weighted by molar-refractivity contribution is 0.556. The highest BCUT2D eigenvalue weighted by Gasteiger charge is 2.30. The Kier molecular flexibility index (Phi) is 3.11. The number of nitrogens with one attached hydrogen (secondary N) is 1. The van der Waals surface area contributed by atoms with Crippen molar-refractivity contribution in [3.63, 3.8) is 0 Å². The molecule has 1 aromatic rings. The van der Waals surface area contributed by atoms with Crippen LogP contribution < -0.4 is 5.32 Å². The first-order valence-electron chi connectivity index (χ1n) is 5.12. The van der Waals surface area contributed by atoms with Gasteiger partial charge in [0.2, 0.25) is 0 Å². The van der Waals surface area contributed by atoms with Gasteiger partial charge in [-0.15, -0.1) is 0 Å². The Hall–Kier alpha value is -0.810. The van der Waals surface area contributed by atoms with Gasteiger partial charge in [0.1, 0.15) is 0 Å². The topological polar surface area (TPSA) is 59.3 Å². The van der Waals surface area contributed by atoms with Crippen LogP contribution in [-0.4, -0.2) is 26.0 Å². The third kappa shape index (κ3) is 2.60. The van der Waals surface area contributed by atoms with E-state index in [0.717, 1.165) is 18.4 Å². The Labute approximate surface area is 89.6 Å². The van der Waals surface area contributed by atoms with Crippen LogP contribution in [0.25, 0.3) is 0 Å². The minimum absolute atomic E-state index is 0.190. The number of furan rings is 1. The van der Waals surface area contributed by atoms with E-state index in [0.29, 0.717) is 18.8 Å². The fourth-order valence-corrected chi connectivity index (χ4v) is 3.66. The van der Waals surface area contributed by atoms with Gasteiger partial charge in [0, 0.05) is 18.7 Å². The number of sulfone groups is 1. The zero-order chi connectivity index (χ0) is 10.7. The maximum Gasteiger partial charge on any atom is 0.154 e. The summed E-state index contributed by atoms with van der Waals surface area (Å²) < 4.78 is 27.9. The lowest BCUT2D eigenvalue weighted by atomic mass is 10.2. The van der Waals surface area contributed by atoms with Gasteiger partial charge in [0.05, 0.1) is 23.5 Å². The Bertz CT molecular complexity index is 396. The van der Waals surface area contributed by atoms with Crippen molar-refractivity contribution in [2.45, 2.75) is 24.6 Å². The summed E-state index contributed by atoms with van der Waals surface area (Å²) in [4.78, 5) is 0. The monoisotopic (exact) mass is 229 g/mol.